The number of carbonyl (C=O) groups excluding carboxylic acids is 1. The molecule has 0 atom stereocenters. The van der Waals surface area contributed by atoms with Crippen LogP contribution in [0, 0.1) is 0 Å². The van der Waals surface area contributed by atoms with Gasteiger partial charge >= 0.3 is 6.18 Å². The Balaban J connectivity index is 2.15. The summed E-state index contributed by atoms with van der Waals surface area (Å²) >= 11 is 0. The van der Waals surface area contributed by atoms with E-state index in [0.29, 0.717) is 12.1 Å². The lowest BCUT2D eigenvalue weighted by molar-refractivity contribution is -0.137. The molecule has 6 heteroatoms. The smallest absolute Gasteiger partial charge is 0.326 e. The van der Waals surface area contributed by atoms with Gasteiger partial charge in [-0.15, -0.1) is 0 Å². The number of nitrogens with one attached hydrogen (secondary N) is 1. The second-order valence-electron chi connectivity index (χ2n) is 4.43. The van der Waals surface area contributed by atoms with Crippen LogP contribution in [0.1, 0.15) is 21.5 Å². The van der Waals surface area contributed by atoms with E-state index in [1.807, 2.05) is 0 Å². The lowest BCUT2D eigenvalue weighted by Gasteiger charge is -2.10. The lowest BCUT2D eigenvalue weighted by Crippen LogP contribution is -2.13. The van der Waals surface area contributed by atoms with Crippen LogP contribution in [0.5, 0.6) is 0 Å². The van der Waals surface area contributed by atoms with Crippen LogP contribution in [-0.2, 0) is 12.7 Å². The third kappa shape index (κ3) is 3.82. The van der Waals surface area contributed by atoms with Gasteiger partial charge in [0, 0.05) is 17.8 Å². The predicted molar refractivity (Wildman–Crippen MR) is 73.7 cm³/mol. The highest BCUT2D eigenvalue weighted by Crippen LogP contribution is 2.30. The van der Waals surface area contributed by atoms with Crippen LogP contribution < -0.4 is 11.1 Å². The van der Waals surface area contributed by atoms with Gasteiger partial charge in [0.05, 0.1) is 5.56 Å². The molecular weight excluding hydrogens is 281 g/mol. The summed E-state index contributed by atoms with van der Waals surface area (Å²) in [6.45, 7) is 0.357. The van der Waals surface area contributed by atoms with E-state index in [9.17, 15) is 18.0 Å². The third-order valence-electron chi connectivity index (χ3n) is 2.90. The molecule has 0 fully saturated rings. The molecule has 0 heterocycles. The van der Waals surface area contributed by atoms with Gasteiger partial charge in [-0.25, -0.2) is 0 Å². The lowest BCUT2D eigenvalue weighted by atomic mass is 10.1. The summed E-state index contributed by atoms with van der Waals surface area (Å²) in [5.41, 5.74) is 5.96. The molecule has 0 bridgehead atoms. The first-order chi connectivity index (χ1) is 9.90. The van der Waals surface area contributed by atoms with Gasteiger partial charge < -0.3 is 11.1 Å². The van der Waals surface area contributed by atoms with Gasteiger partial charge in [-0.3, -0.25) is 4.79 Å². The molecule has 0 saturated carbocycles. The van der Waals surface area contributed by atoms with E-state index in [1.165, 1.54) is 12.1 Å². The highest BCUT2D eigenvalue weighted by molar-refractivity contribution is 6.04. The number of halogens is 3. The highest BCUT2D eigenvalue weighted by atomic mass is 19.4. The van der Waals surface area contributed by atoms with Crippen LogP contribution >= 0.6 is 0 Å². The van der Waals surface area contributed by atoms with Gasteiger partial charge in [0.25, 0.3) is 5.91 Å². The molecule has 21 heavy (non-hydrogen) atoms. The van der Waals surface area contributed by atoms with E-state index >= 15 is 0 Å². The number of hydrogen-bond acceptors (Lipinski definition) is 2. The molecule has 0 aliphatic carbocycles. The summed E-state index contributed by atoms with van der Waals surface area (Å²) in [5, 5.41) is 2.44. The van der Waals surface area contributed by atoms with Crippen LogP contribution in [0.2, 0.25) is 0 Å². The minimum Gasteiger partial charge on any atom is -0.326 e. The molecule has 1 amide bonds. The summed E-state index contributed by atoms with van der Waals surface area (Å²) in [6.07, 6.45) is -4.44. The van der Waals surface area contributed by atoms with E-state index < -0.39 is 17.6 Å². The Morgan fingerprint density at radius 3 is 2.33 bits per heavy atom. The van der Waals surface area contributed by atoms with Crippen LogP contribution in [0.15, 0.2) is 48.5 Å². The first kappa shape index (κ1) is 15.1. The Hall–Kier alpha value is -2.34. The summed E-state index contributed by atoms with van der Waals surface area (Å²) in [6, 6.07) is 11.0. The normalized spacial score (nSPS) is 11.2. The quantitative estimate of drug-likeness (QED) is 0.911. The summed E-state index contributed by atoms with van der Waals surface area (Å²) in [7, 11) is 0. The first-order valence-corrected chi connectivity index (χ1v) is 6.18. The van der Waals surface area contributed by atoms with Crippen molar-refractivity contribution in [3.8, 4) is 0 Å². The fraction of sp³-hybridized carbons (Fsp3) is 0.133. The highest BCUT2D eigenvalue weighted by Gasteiger charge is 2.30. The van der Waals surface area contributed by atoms with Crippen molar-refractivity contribution in [2.75, 3.05) is 5.32 Å². The van der Waals surface area contributed by atoms with Gasteiger partial charge in [-0.05, 0) is 35.9 Å². The Kier molecular flexibility index (Phi) is 4.28. The van der Waals surface area contributed by atoms with E-state index in [2.05, 4.69) is 5.32 Å². The number of alkyl halides is 3. The van der Waals surface area contributed by atoms with E-state index in [1.54, 1.807) is 24.3 Å². The standard InChI is InChI=1S/C15H13F3N2O/c16-15(17,18)12-2-1-3-13(8-12)20-14(21)11-6-4-10(9-19)5-7-11/h1-8H,9,19H2,(H,20,21). The number of benzene rings is 2. The maximum absolute atomic E-state index is 12.6. The number of carbonyl (C=O) groups is 1. The molecule has 3 N–H and O–H groups in total. The summed E-state index contributed by atoms with van der Waals surface area (Å²) < 4.78 is 37.8. The summed E-state index contributed by atoms with van der Waals surface area (Å²) in [5.74, 6) is -0.474. The first-order valence-electron chi connectivity index (χ1n) is 6.18. The largest absolute Gasteiger partial charge is 0.416 e. The molecule has 2 rings (SSSR count). The molecular formula is C15H13F3N2O. The van der Waals surface area contributed by atoms with Crippen molar-refractivity contribution in [2.24, 2.45) is 5.73 Å². The zero-order chi connectivity index (χ0) is 15.5. The second-order valence-corrected chi connectivity index (χ2v) is 4.43. The molecule has 0 aromatic heterocycles. The topological polar surface area (TPSA) is 55.1 Å². The van der Waals surface area contributed by atoms with E-state index in [0.717, 1.165) is 17.7 Å². The Morgan fingerprint density at radius 2 is 1.76 bits per heavy atom. The van der Waals surface area contributed by atoms with Crippen molar-refractivity contribution in [1.29, 1.82) is 0 Å². The molecule has 110 valence electrons. The van der Waals surface area contributed by atoms with Crippen molar-refractivity contribution in [2.45, 2.75) is 12.7 Å². The van der Waals surface area contributed by atoms with Crippen LogP contribution in [0.3, 0.4) is 0 Å². The van der Waals surface area contributed by atoms with Crippen LogP contribution in [0.4, 0.5) is 18.9 Å². The molecule has 3 nitrogen and oxygen atoms in total. The zero-order valence-electron chi connectivity index (χ0n) is 10.9. The molecule has 0 aliphatic heterocycles. The summed E-state index contributed by atoms with van der Waals surface area (Å²) in [4.78, 5) is 12.0. The van der Waals surface area contributed by atoms with Crippen molar-refractivity contribution >= 4 is 11.6 Å². The van der Waals surface area contributed by atoms with Crippen molar-refractivity contribution in [3.63, 3.8) is 0 Å². The Labute approximate surface area is 119 Å². The fourth-order valence-corrected chi connectivity index (χ4v) is 1.77. The van der Waals surface area contributed by atoms with Crippen molar-refractivity contribution in [3.05, 3.63) is 65.2 Å². The van der Waals surface area contributed by atoms with E-state index in [-0.39, 0.29) is 5.69 Å². The monoisotopic (exact) mass is 294 g/mol. The number of amides is 1. The molecule has 2 aromatic rings. The van der Waals surface area contributed by atoms with Crippen molar-refractivity contribution in [1.82, 2.24) is 0 Å². The fourth-order valence-electron chi connectivity index (χ4n) is 1.77. The van der Waals surface area contributed by atoms with Gasteiger partial charge in [-0.1, -0.05) is 18.2 Å². The number of nitrogens with two attached hydrogens (primary N) is 1. The van der Waals surface area contributed by atoms with E-state index in [4.69, 9.17) is 5.73 Å². The average Bonchev–Trinajstić information content (AvgIpc) is 2.47. The number of rotatable bonds is 3. The van der Waals surface area contributed by atoms with Gasteiger partial charge in [-0.2, -0.15) is 13.2 Å². The maximum atomic E-state index is 12.6. The minimum absolute atomic E-state index is 0.0951. The van der Waals surface area contributed by atoms with Crippen LogP contribution in [-0.4, -0.2) is 5.91 Å². The minimum atomic E-state index is -4.44. The van der Waals surface area contributed by atoms with Crippen molar-refractivity contribution < 1.29 is 18.0 Å². The number of anilines is 1. The predicted octanol–water partition coefficient (Wildman–Crippen LogP) is 3.42. The number of hydrogen-bond donors (Lipinski definition) is 2. The molecule has 2 aromatic carbocycles. The maximum Gasteiger partial charge on any atom is 0.416 e. The third-order valence-corrected chi connectivity index (χ3v) is 2.90. The molecule has 0 radical (unpaired) electrons. The molecule has 0 unspecified atom stereocenters. The Bertz CT molecular complexity index is 636. The molecule has 0 spiro atoms. The van der Waals surface area contributed by atoms with Gasteiger partial charge in [0.1, 0.15) is 0 Å². The SMILES string of the molecule is NCc1ccc(C(=O)Nc2cccc(C(F)(F)F)c2)cc1. The Morgan fingerprint density at radius 1 is 1.10 bits per heavy atom. The molecule has 0 aliphatic rings. The van der Waals surface area contributed by atoms with Crippen LogP contribution in [0.25, 0.3) is 0 Å². The zero-order valence-corrected chi connectivity index (χ0v) is 10.9. The van der Waals surface area contributed by atoms with Gasteiger partial charge in [0.2, 0.25) is 0 Å². The molecule has 0 saturated heterocycles. The average molecular weight is 294 g/mol. The second kappa shape index (κ2) is 5.97. The van der Waals surface area contributed by atoms with Gasteiger partial charge in [0.15, 0.2) is 0 Å².